The first-order chi connectivity index (χ1) is 7.08. The van der Waals surface area contributed by atoms with Crippen molar-refractivity contribution in [2.24, 2.45) is 0 Å². The lowest BCUT2D eigenvalue weighted by Gasteiger charge is -2.46. The Labute approximate surface area is 93.0 Å². The summed E-state index contributed by atoms with van der Waals surface area (Å²) in [4.78, 5) is 2.48. The van der Waals surface area contributed by atoms with Crippen LogP contribution in [0.4, 0.5) is 0 Å². The second-order valence-corrected chi connectivity index (χ2v) is 5.34. The van der Waals surface area contributed by atoms with Crippen molar-refractivity contribution in [3.63, 3.8) is 0 Å². The zero-order valence-corrected chi connectivity index (χ0v) is 10.1. The zero-order chi connectivity index (χ0) is 10.9. The van der Waals surface area contributed by atoms with Gasteiger partial charge >= 0.3 is 0 Å². The van der Waals surface area contributed by atoms with Gasteiger partial charge in [0.1, 0.15) is 0 Å². The maximum absolute atomic E-state index is 3.37. The third-order valence-corrected chi connectivity index (χ3v) is 3.69. The summed E-state index contributed by atoms with van der Waals surface area (Å²) < 4.78 is 0. The lowest BCUT2D eigenvalue weighted by atomic mass is 9.86. The van der Waals surface area contributed by atoms with E-state index in [0.29, 0.717) is 5.54 Å². The topological polar surface area (TPSA) is 15.3 Å². The molecular formula is C13H22N2. The van der Waals surface area contributed by atoms with Gasteiger partial charge in [-0.2, -0.15) is 0 Å². The summed E-state index contributed by atoms with van der Waals surface area (Å²) in [5.41, 5.74) is 0.499. The second kappa shape index (κ2) is 3.58. The molecule has 0 saturated carbocycles. The van der Waals surface area contributed by atoms with Crippen LogP contribution in [0.3, 0.4) is 0 Å². The predicted molar refractivity (Wildman–Crippen MR) is 64.5 cm³/mol. The molecule has 0 saturated heterocycles. The van der Waals surface area contributed by atoms with Gasteiger partial charge in [-0.15, -0.1) is 0 Å². The molecule has 2 aliphatic rings. The summed E-state index contributed by atoms with van der Waals surface area (Å²) in [7, 11) is 0. The quantitative estimate of drug-likeness (QED) is 0.763. The van der Waals surface area contributed by atoms with Gasteiger partial charge in [-0.25, -0.2) is 0 Å². The molecule has 2 heteroatoms. The summed E-state index contributed by atoms with van der Waals surface area (Å²) >= 11 is 0. The number of hydrogen-bond donors (Lipinski definition) is 1. The van der Waals surface area contributed by atoms with Crippen LogP contribution in [0.25, 0.3) is 0 Å². The highest BCUT2D eigenvalue weighted by molar-refractivity contribution is 5.29. The molecule has 0 aliphatic carbocycles. The number of nitrogens with zero attached hydrogens (tertiary/aromatic N) is 1. The molecule has 84 valence electrons. The Morgan fingerprint density at radius 3 is 2.53 bits per heavy atom. The first kappa shape index (κ1) is 10.6. The fourth-order valence-electron chi connectivity index (χ4n) is 2.50. The average Bonchev–Trinajstić information content (AvgIpc) is 2.15. The maximum atomic E-state index is 3.37. The summed E-state index contributed by atoms with van der Waals surface area (Å²) in [6.45, 7) is 8.08. The Balaban J connectivity index is 2.02. The van der Waals surface area contributed by atoms with E-state index in [4.69, 9.17) is 0 Å². The van der Waals surface area contributed by atoms with Gasteiger partial charge in [0.05, 0.1) is 5.54 Å². The van der Waals surface area contributed by atoms with Gasteiger partial charge in [-0.05, 0) is 51.2 Å². The molecule has 1 unspecified atom stereocenters. The Morgan fingerprint density at radius 1 is 1.40 bits per heavy atom. The minimum Gasteiger partial charge on any atom is -0.379 e. The van der Waals surface area contributed by atoms with E-state index in [-0.39, 0.29) is 5.54 Å². The van der Waals surface area contributed by atoms with Crippen LogP contribution in [-0.4, -0.2) is 22.5 Å². The highest BCUT2D eigenvalue weighted by Gasteiger charge is 2.34. The van der Waals surface area contributed by atoms with Crippen molar-refractivity contribution in [2.75, 3.05) is 6.54 Å². The molecule has 0 fully saturated rings. The van der Waals surface area contributed by atoms with E-state index in [9.17, 15) is 0 Å². The SMILES string of the molecule is CCCC(C)(C)N1C=CC2(C=CN2)CC1. The van der Waals surface area contributed by atoms with Gasteiger partial charge in [-0.3, -0.25) is 0 Å². The maximum Gasteiger partial charge on any atom is 0.0785 e. The third kappa shape index (κ3) is 1.90. The second-order valence-electron chi connectivity index (χ2n) is 5.34. The van der Waals surface area contributed by atoms with E-state index in [1.54, 1.807) is 0 Å². The molecule has 0 radical (unpaired) electrons. The molecule has 2 aliphatic heterocycles. The molecule has 15 heavy (non-hydrogen) atoms. The number of rotatable bonds is 3. The van der Waals surface area contributed by atoms with Crippen LogP contribution in [0.5, 0.6) is 0 Å². The molecule has 1 N–H and O–H groups in total. The average molecular weight is 206 g/mol. The van der Waals surface area contributed by atoms with E-state index in [1.807, 2.05) is 6.20 Å². The minimum absolute atomic E-state index is 0.193. The molecule has 1 atom stereocenters. The third-order valence-electron chi connectivity index (χ3n) is 3.69. The van der Waals surface area contributed by atoms with Gasteiger partial charge in [0.2, 0.25) is 0 Å². The Bertz CT molecular complexity index is 291. The smallest absolute Gasteiger partial charge is 0.0785 e. The predicted octanol–water partition coefficient (Wildman–Crippen LogP) is 2.64. The van der Waals surface area contributed by atoms with Crippen LogP contribution in [0.2, 0.25) is 0 Å². The van der Waals surface area contributed by atoms with Crippen molar-refractivity contribution < 1.29 is 0 Å². The van der Waals surface area contributed by atoms with E-state index < -0.39 is 0 Å². The van der Waals surface area contributed by atoms with Crippen LogP contribution in [0.1, 0.15) is 40.0 Å². The summed E-state index contributed by atoms with van der Waals surface area (Å²) in [5.74, 6) is 0. The van der Waals surface area contributed by atoms with Gasteiger partial charge in [0.15, 0.2) is 0 Å². The minimum atomic E-state index is 0.193. The summed E-state index contributed by atoms with van der Waals surface area (Å²) in [6.07, 6.45) is 12.6. The van der Waals surface area contributed by atoms with Gasteiger partial charge in [0, 0.05) is 12.1 Å². The lowest BCUT2D eigenvalue weighted by molar-refractivity contribution is 0.148. The fraction of sp³-hybridized carbons (Fsp3) is 0.692. The standard InChI is InChI=1S/C13H22N2/c1-4-5-12(2,3)15-10-7-13(8-11-15)6-9-14-13/h6-7,9-10,14H,4-5,8,11H2,1-3H3. The molecule has 1 spiro atoms. The van der Waals surface area contributed by atoms with Crippen LogP contribution < -0.4 is 5.32 Å². The van der Waals surface area contributed by atoms with Crippen molar-refractivity contribution in [1.29, 1.82) is 0 Å². The summed E-state index contributed by atoms with van der Waals surface area (Å²) in [6, 6.07) is 0. The summed E-state index contributed by atoms with van der Waals surface area (Å²) in [5, 5.41) is 3.37. The normalized spacial score (nSPS) is 29.1. The van der Waals surface area contributed by atoms with Gasteiger partial charge in [-0.1, -0.05) is 13.3 Å². The molecule has 2 nitrogen and oxygen atoms in total. The Hall–Kier alpha value is -0.920. The van der Waals surface area contributed by atoms with E-state index in [2.05, 4.69) is 49.3 Å². The van der Waals surface area contributed by atoms with Crippen LogP contribution in [-0.2, 0) is 0 Å². The highest BCUT2D eigenvalue weighted by Crippen LogP contribution is 2.30. The zero-order valence-electron chi connectivity index (χ0n) is 10.1. The first-order valence-electron chi connectivity index (χ1n) is 5.99. The highest BCUT2D eigenvalue weighted by atomic mass is 15.2. The van der Waals surface area contributed by atoms with Crippen molar-refractivity contribution in [1.82, 2.24) is 10.2 Å². The van der Waals surface area contributed by atoms with E-state index >= 15 is 0 Å². The molecule has 2 rings (SSSR count). The van der Waals surface area contributed by atoms with Crippen LogP contribution >= 0.6 is 0 Å². The molecule has 0 aromatic rings. The number of hydrogen-bond acceptors (Lipinski definition) is 2. The first-order valence-corrected chi connectivity index (χ1v) is 5.99. The monoisotopic (exact) mass is 206 g/mol. The largest absolute Gasteiger partial charge is 0.379 e. The van der Waals surface area contributed by atoms with Crippen molar-refractivity contribution in [3.05, 3.63) is 24.6 Å². The number of nitrogens with one attached hydrogen (secondary N) is 1. The van der Waals surface area contributed by atoms with Crippen molar-refractivity contribution in [3.8, 4) is 0 Å². The molecular weight excluding hydrogens is 184 g/mol. The van der Waals surface area contributed by atoms with Crippen molar-refractivity contribution in [2.45, 2.75) is 51.1 Å². The lowest BCUT2D eigenvalue weighted by Crippen LogP contribution is -2.53. The van der Waals surface area contributed by atoms with Gasteiger partial charge in [0.25, 0.3) is 0 Å². The Kier molecular flexibility index (Phi) is 2.53. The molecule has 0 aromatic heterocycles. The Morgan fingerprint density at radius 2 is 2.13 bits per heavy atom. The molecule has 0 bridgehead atoms. The van der Waals surface area contributed by atoms with E-state index in [1.165, 1.54) is 19.3 Å². The van der Waals surface area contributed by atoms with Crippen molar-refractivity contribution >= 4 is 0 Å². The van der Waals surface area contributed by atoms with E-state index in [0.717, 1.165) is 6.54 Å². The van der Waals surface area contributed by atoms with Crippen LogP contribution in [0.15, 0.2) is 24.6 Å². The van der Waals surface area contributed by atoms with Gasteiger partial charge < -0.3 is 10.2 Å². The fourth-order valence-corrected chi connectivity index (χ4v) is 2.50. The molecule has 0 amide bonds. The molecule has 0 aromatic carbocycles. The molecule has 2 heterocycles. The van der Waals surface area contributed by atoms with Crippen LogP contribution in [0, 0.1) is 0 Å².